The Hall–Kier alpha value is -1.40. The van der Waals surface area contributed by atoms with E-state index in [2.05, 4.69) is 4.99 Å². The van der Waals surface area contributed by atoms with Crippen LogP contribution in [0, 0.1) is 0 Å². The average Bonchev–Trinajstić information content (AvgIpc) is 2.63. The van der Waals surface area contributed by atoms with Crippen LogP contribution in [0.4, 0.5) is 0 Å². The van der Waals surface area contributed by atoms with Crippen LogP contribution in [0.25, 0.3) is 6.20 Å². The van der Waals surface area contributed by atoms with Crippen molar-refractivity contribution in [2.45, 2.75) is 13.1 Å². The van der Waals surface area contributed by atoms with Crippen LogP contribution < -0.4 is 15.7 Å². The minimum absolute atomic E-state index is 0.329. The molecule has 0 aromatic carbocycles. The Balaban J connectivity index is 2.34. The highest BCUT2D eigenvalue weighted by Crippen LogP contribution is 2.02. The number of esters is 1. The highest BCUT2D eigenvalue weighted by molar-refractivity contribution is 7.07. The van der Waals surface area contributed by atoms with E-state index >= 15 is 0 Å². The first kappa shape index (κ1) is 10.1. The van der Waals surface area contributed by atoms with Crippen LogP contribution in [0.5, 0.6) is 0 Å². The lowest BCUT2D eigenvalue weighted by Gasteiger charge is -2.22. The van der Waals surface area contributed by atoms with Gasteiger partial charge in [-0.15, -0.1) is 11.3 Å². The molecule has 0 radical (unpaired) electrons. The van der Waals surface area contributed by atoms with E-state index < -0.39 is 12.1 Å². The molecule has 0 aliphatic carbocycles. The topological polar surface area (TPSA) is 67.9 Å². The summed E-state index contributed by atoms with van der Waals surface area (Å²) in [4.78, 5) is 15.7. The van der Waals surface area contributed by atoms with E-state index in [0.29, 0.717) is 6.61 Å². The third-order valence-electron chi connectivity index (χ3n) is 1.98. The molecule has 2 heterocycles. The van der Waals surface area contributed by atoms with Gasteiger partial charge in [0, 0.05) is 6.20 Å². The molecule has 1 unspecified atom stereocenters. The summed E-state index contributed by atoms with van der Waals surface area (Å²) in [5, 5.41) is 3.97. The van der Waals surface area contributed by atoms with Crippen LogP contribution in [-0.4, -0.2) is 23.8 Å². The summed E-state index contributed by atoms with van der Waals surface area (Å²) in [6.45, 7) is 2.08. The van der Waals surface area contributed by atoms with E-state index in [9.17, 15) is 4.79 Å². The predicted octanol–water partition coefficient (Wildman–Crippen LogP) is -0.816. The van der Waals surface area contributed by atoms with Crippen LogP contribution in [-0.2, 0) is 9.53 Å². The van der Waals surface area contributed by atoms with Gasteiger partial charge in [0.15, 0.2) is 0 Å². The van der Waals surface area contributed by atoms with Gasteiger partial charge in [0.2, 0.25) is 6.17 Å². The molecular formula is C9H11N3O2S. The summed E-state index contributed by atoms with van der Waals surface area (Å²) in [7, 11) is 0. The van der Waals surface area contributed by atoms with Gasteiger partial charge in [0.05, 0.1) is 16.5 Å². The molecular weight excluding hydrogens is 214 g/mol. The molecule has 1 aliphatic rings. The Labute approximate surface area is 90.4 Å². The van der Waals surface area contributed by atoms with Gasteiger partial charge in [0.25, 0.3) is 0 Å². The summed E-state index contributed by atoms with van der Waals surface area (Å²) in [6.07, 6.45) is 0.946. The quantitative estimate of drug-likeness (QED) is 0.527. The van der Waals surface area contributed by atoms with Gasteiger partial charge >= 0.3 is 5.97 Å². The maximum absolute atomic E-state index is 11.5. The number of thiophene rings is 1. The number of carbonyl (C=O) groups excluding carboxylic acids is 1. The maximum Gasteiger partial charge on any atom is 0.353 e. The molecule has 2 N–H and O–H groups in total. The molecule has 0 amide bonds. The Morgan fingerprint density at radius 1 is 1.80 bits per heavy atom. The van der Waals surface area contributed by atoms with Gasteiger partial charge in [-0.05, 0) is 18.4 Å². The van der Waals surface area contributed by atoms with Crippen molar-refractivity contribution in [1.82, 2.24) is 5.01 Å². The number of nitrogens with zero attached hydrogens (tertiary/aromatic N) is 2. The van der Waals surface area contributed by atoms with Crippen LogP contribution in [0.3, 0.4) is 0 Å². The number of carbonyl (C=O) groups is 1. The molecule has 0 fully saturated rings. The molecule has 6 heteroatoms. The molecule has 1 aromatic heterocycles. The number of nitrogens with two attached hydrogens (primary N) is 1. The second-order valence-corrected chi connectivity index (χ2v) is 3.95. The fourth-order valence-electron chi connectivity index (χ4n) is 1.31. The SMILES string of the molecule is CCOC(=O)C1N=c2ccsc2=CN1N. The number of hydrogen-bond acceptors (Lipinski definition) is 6. The molecule has 5 nitrogen and oxygen atoms in total. The van der Waals surface area contributed by atoms with Crippen molar-refractivity contribution in [3.63, 3.8) is 0 Å². The molecule has 0 saturated heterocycles. The zero-order valence-corrected chi connectivity index (χ0v) is 9.03. The first-order valence-corrected chi connectivity index (χ1v) is 5.43. The normalized spacial score (nSPS) is 18.8. The monoisotopic (exact) mass is 225 g/mol. The highest BCUT2D eigenvalue weighted by atomic mass is 32.1. The van der Waals surface area contributed by atoms with Gasteiger partial charge in [-0.25, -0.2) is 15.6 Å². The summed E-state index contributed by atoms with van der Waals surface area (Å²) in [6, 6.07) is 1.86. The minimum Gasteiger partial charge on any atom is -0.463 e. The summed E-state index contributed by atoms with van der Waals surface area (Å²) < 4.78 is 5.83. The van der Waals surface area contributed by atoms with E-state index in [0.717, 1.165) is 9.89 Å². The van der Waals surface area contributed by atoms with Crippen molar-refractivity contribution < 1.29 is 9.53 Å². The van der Waals surface area contributed by atoms with Gasteiger partial charge in [-0.3, -0.25) is 5.01 Å². The Bertz CT molecular complexity index is 482. The van der Waals surface area contributed by atoms with Crippen molar-refractivity contribution in [1.29, 1.82) is 0 Å². The lowest BCUT2D eigenvalue weighted by molar-refractivity contribution is -0.148. The number of ether oxygens (including phenoxy) is 1. The molecule has 1 aromatic rings. The Morgan fingerprint density at radius 3 is 3.33 bits per heavy atom. The zero-order valence-electron chi connectivity index (χ0n) is 8.21. The predicted molar refractivity (Wildman–Crippen MR) is 56.0 cm³/mol. The lowest BCUT2D eigenvalue weighted by atomic mass is 10.4. The standard InChI is InChI=1S/C9H11N3O2S/c1-2-14-9(13)8-11-6-3-4-15-7(6)5-12(8)10/h3-5,8H,2,10H2,1H3. The summed E-state index contributed by atoms with van der Waals surface area (Å²) in [5.41, 5.74) is 0. The van der Waals surface area contributed by atoms with Gasteiger partial charge in [-0.2, -0.15) is 0 Å². The first-order valence-electron chi connectivity index (χ1n) is 4.55. The van der Waals surface area contributed by atoms with Crippen LogP contribution in [0.1, 0.15) is 6.92 Å². The highest BCUT2D eigenvalue weighted by Gasteiger charge is 2.24. The Morgan fingerprint density at radius 2 is 2.60 bits per heavy atom. The number of fused-ring (bicyclic) bond motifs is 1. The van der Waals surface area contributed by atoms with Crippen LogP contribution in [0.15, 0.2) is 16.4 Å². The maximum atomic E-state index is 11.5. The molecule has 0 bridgehead atoms. The van der Waals surface area contributed by atoms with Gasteiger partial charge in [-0.1, -0.05) is 0 Å². The van der Waals surface area contributed by atoms with E-state index in [4.69, 9.17) is 10.6 Å². The van der Waals surface area contributed by atoms with E-state index in [1.54, 1.807) is 13.1 Å². The molecule has 80 valence electrons. The van der Waals surface area contributed by atoms with Crippen molar-refractivity contribution >= 4 is 23.5 Å². The van der Waals surface area contributed by atoms with Gasteiger partial charge in [0.1, 0.15) is 0 Å². The molecule has 1 atom stereocenters. The van der Waals surface area contributed by atoms with Crippen molar-refractivity contribution in [2.75, 3.05) is 6.61 Å². The molecule has 0 spiro atoms. The van der Waals surface area contributed by atoms with Gasteiger partial charge < -0.3 is 4.74 Å². The van der Waals surface area contributed by atoms with Crippen LogP contribution >= 0.6 is 11.3 Å². The lowest BCUT2D eigenvalue weighted by Crippen LogP contribution is -2.48. The smallest absolute Gasteiger partial charge is 0.353 e. The Kier molecular flexibility index (Phi) is 2.70. The third kappa shape index (κ3) is 1.86. The van der Waals surface area contributed by atoms with Crippen molar-refractivity contribution in [2.24, 2.45) is 10.8 Å². The van der Waals surface area contributed by atoms with E-state index in [-0.39, 0.29) is 0 Å². The molecule has 15 heavy (non-hydrogen) atoms. The molecule has 0 saturated carbocycles. The van der Waals surface area contributed by atoms with Crippen LogP contribution in [0.2, 0.25) is 0 Å². The summed E-state index contributed by atoms with van der Waals surface area (Å²) >= 11 is 1.53. The number of hydrogen-bond donors (Lipinski definition) is 1. The third-order valence-corrected chi connectivity index (χ3v) is 2.82. The van der Waals surface area contributed by atoms with E-state index in [1.807, 2.05) is 11.4 Å². The average molecular weight is 225 g/mol. The first-order chi connectivity index (χ1) is 7.22. The van der Waals surface area contributed by atoms with E-state index in [1.165, 1.54) is 16.3 Å². The number of hydrazine groups is 1. The second kappa shape index (κ2) is 4.00. The minimum atomic E-state index is -0.757. The van der Waals surface area contributed by atoms with Crippen molar-refractivity contribution in [3.8, 4) is 0 Å². The zero-order chi connectivity index (χ0) is 10.8. The second-order valence-electron chi connectivity index (χ2n) is 3.00. The molecule has 2 rings (SSSR count). The fourth-order valence-corrected chi connectivity index (χ4v) is 2.08. The van der Waals surface area contributed by atoms with Crippen molar-refractivity contribution in [3.05, 3.63) is 21.3 Å². The largest absolute Gasteiger partial charge is 0.463 e. The number of rotatable bonds is 2. The molecule has 1 aliphatic heterocycles. The summed E-state index contributed by atoms with van der Waals surface area (Å²) in [5.74, 6) is 5.25. The fraction of sp³-hybridized carbons (Fsp3) is 0.333.